The minimum atomic E-state index is -0.557. The average molecular weight is 340 g/mol. The molecule has 132 valence electrons. The lowest BCUT2D eigenvalue weighted by Crippen LogP contribution is -2.55. The van der Waals surface area contributed by atoms with E-state index >= 15 is 0 Å². The van der Waals surface area contributed by atoms with E-state index in [0.29, 0.717) is 18.3 Å². The molecule has 0 spiro atoms. The summed E-state index contributed by atoms with van der Waals surface area (Å²) in [6.07, 6.45) is 10.2. The molecule has 0 amide bonds. The minimum absolute atomic E-state index is 0.0301. The molecular weight excluding hydrogens is 316 g/mol. The Morgan fingerprint density at radius 3 is 2.84 bits per heavy atom. The fourth-order valence-electron chi connectivity index (χ4n) is 6.34. The molecule has 0 saturated heterocycles. The first-order valence-corrected chi connectivity index (χ1v) is 9.13. The largest absolute Gasteiger partial charge is 0.393 e. The molecule has 1 unspecified atom stereocenters. The maximum atomic E-state index is 12.1. The van der Waals surface area contributed by atoms with Crippen LogP contribution in [0.1, 0.15) is 39.5 Å². The first kappa shape index (κ1) is 16.6. The van der Waals surface area contributed by atoms with E-state index in [1.807, 2.05) is 19.1 Å². The van der Waals surface area contributed by atoms with Gasteiger partial charge in [0.1, 0.15) is 0 Å². The van der Waals surface area contributed by atoms with Gasteiger partial charge in [0, 0.05) is 22.3 Å². The number of allylic oxidation sites excluding steroid dienone is 6. The third kappa shape index (κ3) is 2.13. The maximum absolute atomic E-state index is 12.1. The Balaban J connectivity index is 1.73. The fourth-order valence-corrected chi connectivity index (χ4v) is 6.34. The van der Waals surface area contributed by atoms with Crippen LogP contribution in [0.4, 0.5) is 0 Å². The summed E-state index contributed by atoms with van der Waals surface area (Å²) in [4.78, 5) is 34.9. The number of Topliss-reactive ketones (excluding diaryl/α,β-unsaturated/α-hetero) is 1. The van der Waals surface area contributed by atoms with Gasteiger partial charge in [0.25, 0.3) is 0 Å². The highest BCUT2D eigenvalue weighted by Crippen LogP contribution is 2.64. The predicted octanol–water partition coefficient (Wildman–Crippen LogP) is 2.57. The van der Waals surface area contributed by atoms with E-state index in [-0.39, 0.29) is 29.0 Å². The molecule has 4 rings (SSSR count). The van der Waals surface area contributed by atoms with Gasteiger partial charge in [-0.3, -0.25) is 14.4 Å². The second kappa shape index (κ2) is 5.34. The maximum Gasteiger partial charge on any atom is 0.221 e. The van der Waals surface area contributed by atoms with Crippen LogP contribution in [-0.4, -0.2) is 29.1 Å². The highest BCUT2D eigenvalue weighted by molar-refractivity contribution is 6.33. The number of carbonyl (C=O) groups is 3. The number of hydrogen-bond donors (Lipinski definition) is 1. The Bertz CT molecular complexity index is 758. The van der Waals surface area contributed by atoms with Crippen LogP contribution in [-0.2, 0) is 14.4 Å². The van der Waals surface area contributed by atoms with Crippen molar-refractivity contribution in [3.8, 4) is 0 Å². The van der Waals surface area contributed by atoms with E-state index < -0.39 is 17.3 Å². The molecule has 0 aromatic heterocycles. The van der Waals surface area contributed by atoms with Gasteiger partial charge in [0.2, 0.25) is 5.78 Å². The van der Waals surface area contributed by atoms with Gasteiger partial charge in [-0.2, -0.15) is 0 Å². The fraction of sp³-hybridized carbons (Fsp3) is 0.571. The molecule has 4 heteroatoms. The SMILES string of the molecule is C[C@]12C=CC(=O)C=C1CC[C@@H]1[C@@H]2C(O)C[C@]2(C)C(C(=O)C=O)=CC[C@@H]12. The van der Waals surface area contributed by atoms with Crippen LogP contribution in [0.15, 0.2) is 35.5 Å². The molecule has 2 fully saturated rings. The molecule has 25 heavy (non-hydrogen) atoms. The molecular formula is C21H24O4. The van der Waals surface area contributed by atoms with Crippen molar-refractivity contribution in [3.05, 3.63) is 35.5 Å². The monoisotopic (exact) mass is 340 g/mol. The van der Waals surface area contributed by atoms with Crippen LogP contribution in [0.2, 0.25) is 0 Å². The molecule has 2 saturated carbocycles. The van der Waals surface area contributed by atoms with Crippen LogP contribution in [0.3, 0.4) is 0 Å². The van der Waals surface area contributed by atoms with Crippen molar-refractivity contribution < 1.29 is 19.5 Å². The van der Waals surface area contributed by atoms with Gasteiger partial charge in [-0.15, -0.1) is 0 Å². The number of aliphatic hydroxyl groups is 1. The van der Waals surface area contributed by atoms with Gasteiger partial charge >= 0.3 is 0 Å². The lowest BCUT2D eigenvalue weighted by atomic mass is 9.47. The summed E-state index contributed by atoms with van der Waals surface area (Å²) >= 11 is 0. The number of aliphatic hydroxyl groups excluding tert-OH is 1. The van der Waals surface area contributed by atoms with E-state index in [4.69, 9.17) is 0 Å². The van der Waals surface area contributed by atoms with Crippen molar-refractivity contribution >= 4 is 17.9 Å². The van der Waals surface area contributed by atoms with Crippen molar-refractivity contribution in [2.24, 2.45) is 28.6 Å². The number of aldehydes is 1. The zero-order valence-corrected chi connectivity index (χ0v) is 14.7. The topological polar surface area (TPSA) is 71.4 Å². The first-order valence-electron chi connectivity index (χ1n) is 9.13. The smallest absolute Gasteiger partial charge is 0.221 e. The lowest BCUT2D eigenvalue weighted by Gasteiger charge is -2.58. The van der Waals surface area contributed by atoms with Crippen molar-refractivity contribution in [1.29, 1.82) is 0 Å². The Morgan fingerprint density at radius 2 is 2.12 bits per heavy atom. The van der Waals surface area contributed by atoms with Crippen LogP contribution >= 0.6 is 0 Å². The van der Waals surface area contributed by atoms with E-state index in [1.54, 1.807) is 12.2 Å². The Labute approximate surface area is 147 Å². The zero-order valence-electron chi connectivity index (χ0n) is 14.7. The van der Waals surface area contributed by atoms with Gasteiger partial charge in [-0.1, -0.05) is 31.6 Å². The number of ketones is 2. The average Bonchev–Trinajstić information content (AvgIpc) is 2.91. The molecule has 1 N–H and O–H groups in total. The highest BCUT2D eigenvalue weighted by atomic mass is 16.3. The summed E-state index contributed by atoms with van der Waals surface area (Å²) in [6, 6.07) is 0. The predicted molar refractivity (Wildman–Crippen MR) is 92.5 cm³/mol. The summed E-state index contributed by atoms with van der Waals surface area (Å²) in [5.74, 6) is 0.184. The number of carbonyl (C=O) groups excluding carboxylic acids is 3. The minimum Gasteiger partial charge on any atom is -0.393 e. The van der Waals surface area contributed by atoms with Gasteiger partial charge < -0.3 is 5.11 Å². The van der Waals surface area contributed by atoms with Gasteiger partial charge in [0.05, 0.1) is 6.10 Å². The van der Waals surface area contributed by atoms with Crippen LogP contribution in [0, 0.1) is 28.6 Å². The molecule has 0 radical (unpaired) electrons. The first-order chi connectivity index (χ1) is 11.8. The van der Waals surface area contributed by atoms with Gasteiger partial charge in [0.15, 0.2) is 12.1 Å². The normalized spacial score (nSPS) is 45.0. The van der Waals surface area contributed by atoms with Gasteiger partial charge in [-0.25, -0.2) is 0 Å². The van der Waals surface area contributed by atoms with Crippen molar-refractivity contribution in [1.82, 2.24) is 0 Å². The molecule has 0 aromatic rings. The Morgan fingerprint density at radius 1 is 1.36 bits per heavy atom. The molecule has 0 aliphatic heterocycles. The quantitative estimate of drug-likeness (QED) is 0.619. The van der Waals surface area contributed by atoms with Crippen molar-refractivity contribution in [2.45, 2.75) is 45.6 Å². The molecule has 6 atom stereocenters. The molecule has 0 heterocycles. The second-order valence-corrected chi connectivity index (χ2v) is 8.55. The Kier molecular flexibility index (Phi) is 3.56. The number of hydrogen-bond acceptors (Lipinski definition) is 4. The number of fused-ring (bicyclic) bond motifs is 5. The molecule has 0 bridgehead atoms. The molecule has 4 aliphatic rings. The standard InChI is InChI=1S/C21H24O4/c1-20-8-7-13(23)9-12(20)3-4-14-15-5-6-16(18(25)11-22)21(15,2)10-17(24)19(14)20/h6-9,11,14-15,17,19,24H,3-5,10H2,1-2H3/t14-,15-,17?,19+,20-,21-/m0/s1. The summed E-state index contributed by atoms with van der Waals surface area (Å²) in [5, 5.41) is 11.1. The third-order valence-corrected chi connectivity index (χ3v) is 7.45. The van der Waals surface area contributed by atoms with Crippen LogP contribution in [0.5, 0.6) is 0 Å². The van der Waals surface area contributed by atoms with E-state index in [9.17, 15) is 19.5 Å². The van der Waals surface area contributed by atoms with Crippen molar-refractivity contribution in [2.75, 3.05) is 0 Å². The van der Waals surface area contributed by atoms with Crippen LogP contribution < -0.4 is 0 Å². The zero-order chi connectivity index (χ0) is 18.0. The summed E-state index contributed by atoms with van der Waals surface area (Å²) in [5.41, 5.74) is 0.990. The second-order valence-electron chi connectivity index (χ2n) is 8.55. The highest BCUT2D eigenvalue weighted by Gasteiger charge is 2.60. The summed E-state index contributed by atoms with van der Waals surface area (Å²) in [6.45, 7) is 4.16. The van der Waals surface area contributed by atoms with Crippen molar-refractivity contribution in [3.63, 3.8) is 0 Å². The van der Waals surface area contributed by atoms with E-state index in [1.165, 1.54) is 0 Å². The number of rotatable bonds is 2. The summed E-state index contributed by atoms with van der Waals surface area (Å²) in [7, 11) is 0. The lowest BCUT2D eigenvalue weighted by molar-refractivity contribution is -0.130. The summed E-state index contributed by atoms with van der Waals surface area (Å²) < 4.78 is 0. The third-order valence-electron chi connectivity index (χ3n) is 7.45. The molecule has 4 nitrogen and oxygen atoms in total. The van der Waals surface area contributed by atoms with E-state index in [2.05, 4.69) is 6.92 Å². The van der Waals surface area contributed by atoms with Crippen LogP contribution in [0.25, 0.3) is 0 Å². The Hall–Kier alpha value is -1.81. The molecule has 0 aromatic carbocycles. The van der Waals surface area contributed by atoms with Gasteiger partial charge in [-0.05, 0) is 49.7 Å². The van der Waals surface area contributed by atoms with E-state index in [0.717, 1.165) is 24.8 Å². The molecule has 4 aliphatic carbocycles.